The van der Waals surface area contributed by atoms with Crippen molar-refractivity contribution in [3.8, 4) is 11.5 Å². The van der Waals surface area contributed by atoms with Gasteiger partial charge in [-0.15, -0.1) is 0 Å². The van der Waals surface area contributed by atoms with Crippen molar-refractivity contribution in [2.45, 2.75) is 38.7 Å². The number of halogens is 1. The molecular weight excluding hydrogens is 429 g/mol. The fraction of sp³-hybridized carbons (Fsp3) is 0.440. The Hall–Kier alpha value is -3.13. The normalized spacial score (nSPS) is 14.2. The number of benzene rings is 2. The minimum atomic E-state index is -0.990. The zero-order chi connectivity index (χ0) is 23.6. The molecule has 0 bridgehead atoms. The van der Waals surface area contributed by atoms with Gasteiger partial charge >= 0.3 is 12.1 Å². The number of rotatable bonds is 12. The molecule has 0 aromatic heterocycles. The predicted molar refractivity (Wildman–Crippen MR) is 120 cm³/mol. The van der Waals surface area contributed by atoms with E-state index in [1.54, 1.807) is 36.1 Å². The first-order valence-corrected chi connectivity index (χ1v) is 11.2. The lowest BCUT2D eigenvalue weighted by Gasteiger charge is -2.31. The number of hydrogen-bond donors (Lipinski definition) is 1. The number of carbonyl (C=O) groups is 2. The Kier molecular flexibility index (Phi) is 9.06. The Morgan fingerprint density at radius 3 is 2.33 bits per heavy atom. The number of hydrogen-bond acceptors (Lipinski definition) is 5. The first kappa shape index (κ1) is 24.5. The van der Waals surface area contributed by atoms with Crippen molar-refractivity contribution in [2.24, 2.45) is 5.92 Å². The molecule has 33 heavy (non-hydrogen) atoms. The molecule has 0 saturated heterocycles. The van der Waals surface area contributed by atoms with Gasteiger partial charge in [0.15, 0.2) is 6.10 Å². The van der Waals surface area contributed by atoms with Gasteiger partial charge in [-0.1, -0.05) is 18.6 Å². The molecule has 1 aliphatic rings. The first-order chi connectivity index (χ1) is 15.9. The highest BCUT2D eigenvalue weighted by molar-refractivity contribution is 5.72. The topological polar surface area (TPSA) is 85.3 Å². The molecule has 1 amide bonds. The number of carboxylic acids is 1. The third-order valence-electron chi connectivity index (χ3n) is 5.60. The molecule has 1 N–H and O–H groups in total. The summed E-state index contributed by atoms with van der Waals surface area (Å²) >= 11 is 0. The molecule has 1 fully saturated rings. The SMILES string of the molecule is CCOC(Cc1ccc(OCCN(CC2CCC2)C(=O)Oc2ccc(F)cc2)cc1)C(=O)O. The highest BCUT2D eigenvalue weighted by atomic mass is 19.1. The third-order valence-corrected chi connectivity index (χ3v) is 5.60. The van der Waals surface area contributed by atoms with Crippen molar-refractivity contribution in [3.63, 3.8) is 0 Å². The van der Waals surface area contributed by atoms with Gasteiger partial charge in [0, 0.05) is 19.6 Å². The maximum absolute atomic E-state index is 13.1. The second-order valence-electron chi connectivity index (χ2n) is 8.04. The van der Waals surface area contributed by atoms with Crippen LogP contribution >= 0.6 is 0 Å². The van der Waals surface area contributed by atoms with Gasteiger partial charge in [-0.25, -0.2) is 14.0 Å². The van der Waals surface area contributed by atoms with Gasteiger partial charge in [-0.05, 0) is 67.6 Å². The largest absolute Gasteiger partial charge is 0.492 e. The molecule has 1 unspecified atom stereocenters. The minimum absolute atomic E-state index is 0.272. The summed E-state index contributed by atoms with van der Waals surface area (Å²) in [7, 11) is 0. The van der Waals surface area contributed by atoms with E-state index in [0.717, 1.165) is 18.4 Å². The van der Waals surface area contributed by atoms with E-state index in [9.17, 15) is 19.1 Å². The van der Waals surface area contributed by atoms with Crippen molar-refractivity contribution in [1.82, 2.24) is 4.90 Å². The zero-order valence-corrected chi connectivity index (χ0v) is 18.7. The van der Waals surface area contributed by atoms with Crippen LogP contribution in [0, 0.1) is 11.7 Å². The second kappa shape index (κ2) is 12.2. The van der Waals surface area contributed by atoms with Crippen molar-refractivity contribution in [3.05, 3.63) is 59.9 Å². The number of carboxylic acid groups (broad SMARTS) is 1. The van der Waals surface area contributed by atoms with E-state index in [0.29, 0.717) is 37.1 Å². The van der Waals surface area contributed by atoms with Crippen LogP contribution < -0.4 is 9.47 Å². The van der Waals surface area contributed by atoms with Crippen LogP contribution in [-0.4, -0.2) is 54.5 Å². The van der Waals surface area contributed by atoms with Crippen LogP contribution in [0.3, 0.4) is 0 Å². The van der Waals surface area contributed by atoms with Crippen LogP contribution in [0.25, 0.3) is 0 Å². The first-order valence-electron chi connectivity index (χ1n) is 11.2. The monoisotopic (exact) mass is 459 g/mol. The highest BCUT2D eigenvalue weighted by Gasteiger charge is 2.25. The maximum Gasteiger partial charge on any atom is 0.415 e. The maximum atomic E-state index is 13.1. The number of ether oxygens (including phenoxy) is 3. The van der Waals surface area contributed by atoms with E-state index >= 15 is 0 Å². The Labute approximate surface area is 193 Å². The smallest absolute Gasteiger partial charge is 0.415 e. The van der Waals surface area contributed by atoms with Crippen LogP contribution in [0.1, 0.15) is 31.7 Å². The molecule has 1 aliphatic carbocycles. The Bertz CT molecular complexity index is 898. The van der Waals surface area contributed by atoms with Gasteiger partial charge in [0.1, 0.15) is 23.9 Å². The van der Waals surface area contributed by atoms with Gasteiger partial charge in [0.25, 0.3) is 0 Å². The number of aliphatic carboxylic acids is 1. The van der Waals surface area contributed by atoms with Gasteiger partial charge < -0.3 is 24.2 Å². The average Bonchev–Trinajstić information content (AvgIpc) is 2.77. The Morgan fingerprint density at radius 2 is 1.76 bits per heavy atom. The summed E-state index contributed by atoms with van der Waals surface area (Å²) in [5.41, 5.74) is 0.831. The van der Waals surface area contributed by atoms with Gasteiger partial charge in [-0.2, -0.15) is 0 Å². The average molecular weight is 460 g/mol. The third kappa shape index (κ3) is 7.75. The van der Waals surface area contributed by atoms with E-state index in [4.69, 9.17) is 14.2 Å². The van der Waals surface area contributed by atoms with E-state index in [1.807, 2.05) is 0 Å². The fourth-order valence-electron chi connectivity index (χ4n) is 3.54. The van der Waals surface area contributed by atoms with Crippen LogP contribution in [0.5, 0.6) is 11.5 Å². The summed E-state index contributed by atoms with van der Waals surface area (Å²) < 4.78 is 29.5. The van der Waals surface area contributed by atoms with Crippen molar-refractivity contribution in [1.29, 1.82) is 0 Å². The molecule has 0 radical (unpaired) electrons. The lowest BCUT2D eigenvalue weighted by Crippen LogP contribution is -2.41. The van der Waals surface area contributed by atoms with E-state index in [1.165, 1.54) is 30.7 Å². The van der Waals surface area contributed by atoms with E-state index in [-0.39, 0.29) is 13.0 Å². The summed E-state index contributed by atoms with van der Waals surface area (Å²) in [5, 5.41) is 9.21. The van der Waals surface area contributed by atoms with Crippen LogP contribution in [0.2, 0.25) is 0 Å². The lowest BCUT2D eigenvalue weighted by molar-refractivity contribution is -0.149. The van der Waals surface area contributed by atoms with Gasteiger partial charge in [0.05, 0.1) is 6.54 Å². The molecule has 8 heteroatoms. The molecule has 1 saturated carbocycles. The molecule has 2 aromatic carbocycles. The van der Waals surface area contributed by atoms with Crippen molar-refractivity contribution in [2.75, 3.05) is 26.3 Å². The lowest BCUT2D eigenvalue weighted by atomic mass is 9.85. The fourth-order valence-corrected chi connectivity index (χ4v) is 3.54. The molecule has 0 spiro atoms. The number of amides is 1. The molecule has 178 valence electrons. The summed E-state index contributed by atoms with van der Waals surface area (Å²) in [6.45, 7) is 3.32. The molecule has 2 aromatic rings. The summed E-state index contributed by atoms with van der Waals surface area (Å²) in [4.78, 5) is 25.5. The van der Waals surface area contributed by atoms with Crippen LogP contribution in [0.15, 0.2) is 48.5 Å². The summed E-state index contributed by atoms with van der Waals surface area (Å²) in [6.07, 6.45) is 2.24. The van der Waals surface area contributed by atoms with Crippen molar-refractivity contribution >= 4 is 12.1 Å². The van der Waals surface area contributed by atoms with Crippen LogP contribution in [-0.2, 0) is 16.0 Å². The minimum Gasteiger partial charge on any atom is -0.492 e. The van der Waals surface area contributed by atoms with E-state index in [2.05, 4.69) is 0 Å². The number of carbonyl (C=O) groups excluding carboxylic acids is 1. The molecule has 0 aliphatic heterocycles. The van der Waals surface area contributed by atoms with Gasteiger partial charge in [-0.3, -0.25) is 0 Å². The zero-order valence-electron chi connectivity index (χ0n) is 18.7. The molecule has 7 nitrogen and oxygen atoms in total. The van der Waals surface area contributed by atoms with Crippen LogP contribution in [0.4, 0.5) is 9.18 Å². The second-order valence-corrected chi connectivity index (χ2v) is 8.04. The molecule has 0 heterocycles. The molecule has 1 atom stereocenters. The molecule has 3 rings (SSSR count). The van der Waals surface area contributed by atoms with E-state index < -0.39 is 24.0 Å². The van der Waals surface area contributed by atoms with Gasteiger partial charge in [0.2, 0.25) is 0 Å². The Morgan fingerprint density at radius 1 is 1.09 bits per heavy atom. The Balaban J connectivity index is 1.51. The summed E-state index contributed by atoms with van der Waals surface area (Å²) in [5.74, 6) is -0.00787. The molecular formula is C25H30FNO6. The summed E-state index contributed by atoms with van der Waals surface area (Å²) in [6, 6.07) is 12.5. The quantitative estimate of drug-likeness (QED) is 0.502. The highest BCUT2D eigenvalue weighted by Crippen LogP contribution is 2.27. The predicted octanol–water partition coefficient (Wildman–Crippen LogP) is 4.54. The number of nitrogens with zero attached hydrogens (tertiary/aromatic N) is 1. The standard InChI is InChI=1S/C25H30FNO6/c1-2-31-23(24(28)29)16-18-6-10-21(11-7-18)32-15-14-27(17-19-4-3-5-19)25(30)33-22-12-8-20(26)9-13-22/h6-13,19,23H,2-5,14-17H2,1H3,(H,28,29). The van der Waals surface area contributed by atoms with Crippen molar-refractivity contribution < 1.29 is 33.3 Å².